The lowest BCUT2D eigenvalue weighted by Crippen LogP contribution is -2.51. The molecule has 1 N–H and O–H groups in total. The van der Waals surface area contributed by atoms with E-state index in [4.69, 9.17) is 16.3 Å². The molecule has 0 aliphatic carbocycles. The van der Waals surface area contributed by atoms with Crippen molar-refractivity contribution in [3.63, 3.8) is 0 Å². The third-order valence-electron chi connectivity index (χ3n) is 6.13. The summed E-state index contributed by atoms with van der Waals surface area (Å²) >= 11 is 6.32. The van der Waals surface area contributed by atoms with Gasteiger partial charge in [-0.3, -0.25) is 9.59 Å². The van der Waals surface area contributed by atoms with Gasteiger partial charge in [-0.05, 0) is 61.4 Å². The zero-order chi connectivity index (χ0) is 20.4. The normalized spacial score (nSPS) is 25.5. The maximum absolute atomic E-state index is 12.9. The van der Waals surface area contributed by atoms with Gasteiger partial charge in [0.15, 0.2) is 0 Å². The highest BCUT2D eigenvalue weighted by Gasteiger charge is 2.36. The molecule has 1 aromatic carbocycles. The minimum atomic E-state index is -0.192. The number of amides is 2. The fraction of sp³-hybridized carbons (Fsp3) is 0.545. The number of rotatable bonds is 4. The molecule has 2 aliphatic rings. The van der Waals surface area contributed by atoms with E-state index in [0.717, 1.165) is 29.5 Å². The lowest BCUT2D eigenvalue weighted by atomic mass is 9.83. The van der Waals surface area contributed by atoms with Gasteiger partial charge in [0.25, 0.3) is 5.91 Å². The molecule has 1 aromatic rings. The molecular formula is C22H29ClN2O3. The first-order valence-electron chi connectivity index (χ1n) is 9.91. The number of likely N-dealkylation sites (tertiary alicyclic amines) is 1. The van der Waals surface area contributed by atoms with Crippen molar-refractivity contribution in [3.05, 3.63) is 39.9 Å². The predicted molar refractivity (Wildman–Crippen MR) is 111 cm³/mol. The van der Waals surface area contributed by atoms with Crippen LogP contribution in [0.15, 0.2) is 18.2 Å². The largest absolute Gasteiger partial charge is 0.377 e. The lowest BCUT2D eigenvalue weighted by Gasteiger charge is -2.39. The SMILES string of the molecule is Cc1c(C(=O)NCC2C(=O)N(C)C(C)CC2C)cc(Cl)cc1C1=CCOCC1. The second kappa shape index (κ2) is 8.66. The summed E-state index contributed by atoms with van der Waals surface area (Å²) in [5.41, 5.74) is 3.62. The van der Waals surface area contributed by atoms with Crippen molar-refractivity contribution < 1.29 is 14.3 Å². The van der Waals surface area contributed by atoms with Gasteiger partial charge in [0.05, 0.1) is 19.1 Å². The van der Waals surface area contributed by atoms with Crippen molar-refractivity contribution in [1.82, 2.24) is 10.2 Å². The fourth-order valence-corrected chi connectivity index (χ4v) is 4.41. The molecule has 1 fully saturated rings. The van der Waals surface area contributed by atoms with E-state index in [9.17, 15) is 9.59 Å². The summed E-state index contributed by atoms with van der Waals surface area (Å²) in [5.74, 6) is -0.0395. The van der Waals surface area contributed by atoms with Crippen LogP contribution in [0.3, 0.4) is 0 Å². The Morgan fingerprint density at radius 3 is 2.79 bits per heavy atom. The highest BCUT2D eigenvalue weighted by Crippen LogP contribution is 2.30. The average molecular weight is 405 g/mol. The van der Waals surface area contributed by atoms with Crippen LogP contribution in [-0.4, -0.2) is 49.6 Å². The molecule has 2 aliphatic heterocycles. The Bertz CT molecular complexity index is 805. The number of halogens is 1. The molecule has 1 saturated heterocycles. The Balaban J connectivity index is 1.77. The molecule has 2 amide bonds. The molecule has 3 atom stereocenters. The molecule has 2 heterocycles. The number of hydrogen-bond donors (Lipinski definition) is 1. The summed E-state index contributed by atoms with van der Waals surface area (Å²) in [5, 5.41) is 3.51. The number of carbonyl (C=O) groups excluding carboxylic acids is 2. The van der Waals surface area contributed by atoms with Crippen molar-refractivity contribution in [2.75, 3.05) is 26.8 Å². The van der Waals surface area contributed by atoms with E-state index >= 15 is 0 Å². The quantitative estimate of drug-likeness (QED) is 0.832. The summed E-state index contributed by atoms with van der Waals surface area (Å²) in [6.45, 7) is 7.68. The molecule has 5 nitrogen and oxygen atoms in total. The van der Waals surface area contributed by atoms with E-state index in [-0.39, 0.29) is 29.7 Å². The molecule has 0 radical (unpaired) electrons. The molecule has 28 heavy (non-hydrogen) atoms. The Kier molecular flexibility index (Phi) is 6.46. The van der Waals surface area contributed by atoms with Crippen LogP contribution in [0.25, 0.3) is 5.57 Å². The van der Waals surface area contributed by atoms with Gasteiger partial charge in [0.2, 0.25) is 5.91 Å². The zero-order valence-corrected chi connectivity index (χ0v) is 17.8. The van der Waals surface area contributed by atoms with Crippen LogP contribution < -0.4 is 5.32 Å². The van der Waals surface area contributed by atoms with Gasteiger partial charge in [-0.25, -0.2) is 0 Å². The summed E-state index contributed by atoms with van der Waals surface area (Å²) in [6.07, 6.45) is 3.80. The van der Waals surface area contributed by atoms with Crippen molar-refractivity contribution in [3.8, 4) is 0 Å². The number of hydrogen-bond acceptors (Lipinski definition) is 3. The Morgan fingerprint density at radius 1 is 1.36 bits per heavy atom. The summed E-state index contributed by atoms with van der Waals surface area (Å²) < 4.78 is 5.39. The first-order chi connectivity index (χ1) is 13.3. The number of carbonyl (C=O) groups is 2. The van der Waals surface area contributed by atoms with E-state index in [2.05, 4.69) is 19.2 Å². The molecule has 3 unspecified atom stereocenters. The van der Waals surface area contributed by atoms with Crippen molar-refractivity contribution >= 4 is 29.0 Å². The molecule has 0 spiro atoms. The summed E-state index contributed by atoms with van der Waals surface area (Å²) in [6, 6.07) is 3.85. The van der Waals surface area contributed by atoms with E-state index in [0.29, 0.717) is 30.3 Å². The number of nitrogens with zero attached hydrogens (tertiary/aromatic N) is 1. The second-order valence-electron chi connectivity index (χ2n) is 8.01. The van der Waals surface area contributed by atoms with Crippen LogP contribution in [0, 0.1) is 18.8 Å². The van der Waals surface area contributed by atoms with Gasteiger partial charge in [-0.2, -0.15) is 0 Å². The van der Waals surface area contributed by atoms with Crippen LogP contribution in [0.4, 0.5) is 0 Å². The number of benzene rings is 1. The summed E-state index contributed by atoms with van der Waals surface area (Å²) in [4.78, 5) is 27.3. The number of nitrogens with one attached hydrogen (secondary N) is 1. The minimum Gasteiger partial charge on any atom is -0.377 e. The topological polar surface area (TPSA) is 58.6 Å². The smallest absolute Gasteiger partial charge is 0.251 e. The predicted octanol–water partition coefficient (Wildman–Crippen LogP) is 3.68. The van der Waals surface area contributed by atoms with Crippen LogP contribution in [0.2, 0.25) is 5.02 Å². The summed E-state index contributed by atoms with van der Waals surface area (Å²) in [7, 11) is 1.84. The van der Waals surface area contributed by atoms with Gasteiger partial charge in [-0.1, -0.05) is 24.6 Å². The molecule has 3 rings (SSSR count). The van der Waals surface area contributed by atoms with Gasteiger partial charge in [0, 0.05) is 30.2 Å². The highest BCUT2D eigenvalue weighted by molar-refractivity contribution is 6.31. The zero-order valence-electron chi connectivity index (χ0n) is 17.0. The van der Waals surface area contributed by atoms with Crippen LogP contribution in [0.5, 0.6) is 0 Å². The van der Waals surface area contributed by atoms with Crippen LogP contribution >= 0.6 is 11.6 Å². The van der Waals surface area contributed by atoms with Gasteiger partial charge >= 0.3 is 0 Å². The Morgan fingerprint density at radius 2 is 2.11 bits per heavy atom. The average Bonchev–Trinajstić information content (AvgIpc) is 2.68. The standard InChI is InChI=1S/C22H29ClN2O3/c1-13-9-14(2)25(4)22(27)20(13)12-24-21(26)19-11-17(23)10-18(15(19)3)16-5-7-28-8-6-16/h5,10-11,13-14,20H,6-9,12H2,1-4H3,(H,24,26). The number of piperidine rings is 1. The van der Waals surface area contributed by atoms with Gasteiger partial charge in [-0.15, -0.1) is 0 Å². The van der Waals surface area contributed by atoms with Gasteiger partial charge < -0.3 is 15.0 Å². The molecule has 0 bridgehead atoms. The van der Waals surface area contributed by atoms with E-state index < -0.39 is 0 Å². The second-order valence-corrected chi connectivity index (χ2v) is 8.44. The van der Waals surface area contributed by atoms with Crippen molar-refractivity contribution in [2.24, 2.45) is 11.8 Å². The van der Waals surface area contributed by atoms with Crippen molar-refractivity contribution in [1.29, 1.82) is 0 Å². The molecule has 0 saturated carbocycles. The van der Waals surface area contributed by atoms with Crippen LogP contribution in [0.1, 0.15) is 48.2 Å². The first kappa shape index (κ1) is 20.9. The van der Waals surface area contributed by atoms with E-state index in [1.165, 1.54) is 0 Å². The molecule has 0 aromatic heterocycles. The first-order valence-corrected chi connectivity index (χ1v) is 10.3. The number of ether oxygens (including phenoxy) is 1. The highest BCUT2D eigenvalue weighted by atomic mass is 35.5. The Hall–Kier alpha value is -1.85. The Labute approximate surface area is 172 Å². The van der Waals surface area contributed by atoms with E-state index in [1.54, 1.807) is 11.0 Å². The third kappa shape index (κ3) is 4.26. The molecular weight excluding hydrogens is 376 g/mol. The monoisotopic (exact) mass is 404 g/mol. The molecule has 6 heteroatoms. The van der Waals surface area contributed by atoms with E-state index in [1.807, 2.05) is 26.1 Å². The lowest BCUT2D eigenvalue weighted by molar-refractivity contribution is -0.141. The maximum atomic E-state index is 12.9. The molecule has 152 valence electrons. The minimum absolute atomic E-state index is 0.0995. The third-order valence-corrected chi connectivity index (χ3v) is 6.35. The van der Waals surface area contributed by atoms with Crippen molar-refractivity contribution in [2.45, 2.75) is 39.7 Å². The fourth-order valence-electron chi connectivity index (χ4n) is 4.19. The maximum Gasteiger partial charge on any atom is 0.251 e. The van der Waals surface area contributed by atoms with Crippen LogP contribution in [-0.2, 0) is 9.53 Å². The van der Waals surface area contributed by atoms with Gasteiger partial charge in [0.1, 0.15) is 0 Å².